The van der Waals surface area contributed by atoms with Gasteiger partial charge in [0.25, 0.3) is 0 Å². The van der Waals surface area contributed by atoms with Gasteiger partial charge in [-0.05, 0) is 0 Å². The Bertz CT molecular complexity index is 398. The Kier molecular flexibility index (Phi) is 5.08. The summed E-state index contributed by atoms with van der Waals surface area (Å²) in [6.07, 6.45) is -0.367. The van der Waals surface area contributed by atoms with Crippen LogP contribution in [-0.4, -0.2) is 41.7 Å². The van der Waals surface area contributed by atoms with Crippen LogP contribution in [-0.2, 0) is 15.9 Å². The van der Waals surface area contributed by atoms with Crippen molar-refractivity contribution >= 4 is 23.5 Å². The molecule has 0 aliphatic rings. The van der Waals surface area contributed by atoms with Gasteiger partial charge in [0, 0.05) is 26.2 Å². The van der Waals surface area contributed by atoms with Crippen molar-refractivity contribution in [2.45, 2.75) is 12.7 Å². The van der Waals surface area contributed by atoms with Gasteiger partial charge in [0.1, 0.15) is 17.3 Å². The third-order valence-corrected chi connectivity index (χ3v) is 2.34. The highest BCUT2D eigenvalue weighted by atomic mass is 35.5. The number of rotatable bonds is 5. The van der Waals surface area contributed by atoms with Crippen molar-refractivity contribution in [1.82, 2.24) is 9.97 Å². The maximum Gasteiger partial charge on any atom is 0.410 e. The van der Waals surface area contributed by atoms with Gasteiger partial charge in [-0.3, -0.25) is 5.32 Å². The summed E-state index contributed by atoms with van der Waals surface area (Å²) < 4.78 is 10.0. The fourth-order valence-corrected chi connectivity index (χ4v) is 1.42. The summed E-state index contributed by atoms with van der Waals surface area (Å²) >= 11 is 5.88. The molecule has 8 heteroatoms. The van der Waals surface area contributed by atoms with Crippen molar-refractivity contribution in [1.29, 1.82) is 0 Å². The maximum absolute atomic E-state index is 10.6. The highest BCUT2D eigenvalue weighted by molar-refractivity contribution is 6.30. The molecule has 1 aromatic rings. The molecule has 1 heterocycles. The van der Waals surface area contributed by atoms with Gasteiger partial charge in [0.05, 0.1) is 0 Å². The Morgan fingerprint density at radius 3 is 2.71 bits per heavy atom. The molecule has 1 aromatic heterocycles. The number of halogens is 1. The molecule has 0 aliphatic heterocycles. The molecule has 1 rings (SSSR count). The summed E-state index contributed by atoms with van der Waals surface area (Å²) in [5, 5.41) is 10.9. The van der Waals surface area contributed by atoms with Crippen LogP contribution in [0.3, 0.4) is 0 Å². The number of aromatic nitrogens is 2. The lowest BCUT2D eigenvalue weighted by Crippen LogP contribution is -2.19. The Morgan fingerprint density at radius 1 is 1.53 bits per heavy atom. The second-order valence-corrected chi connectivity index (χ2v) is 3.38. The van der Waals surface area contributed by atoms with Gasteiger partial charge in [-0.15, -0.1) is 0 Å². The Balaban J connectivity index is 2.98. The minimum Gasteiger partial charge on any atom is -0.465 e. The van der Waals surface area contributed by atoms with Crippen LogP contribution in [0.4, 0.5) is 10.6 Å². The molecule has 7 nitrogen and oxygen atoms in total. The van der Waals surface area contributed by atoms with Crippen LogP contribution < -0.4 is 5.32 Å². The first-order valence-electron chi connectivity index (χ1n) is 4.63. The number of nitrogens with one attached hydrogen (secondary N) is 1. The fourth-order valence-electron chi connectivity index (χ4n) is 1.21. The number of methoxy groups -OCH3 is 2. The van der Waals surface area contributed by atoms with E-state index >= 15 is 0 Å². The first kappa shape index (κ1) is 13.6. The van der Waals surface area contributed by atoms with Crippen LogP contribution in [0.2, 0.25) is 5.15 Å². The van der Waals surface area contributed by atoms with Crippen LogP contribution in [0.1, 0.15) is 5.56 Å². The third kappa shape index (κ3) is 3.81. The molecule has 17 heavy (non-hydrogen) atoms. The van der Waals surface area contributed by atoms with Gasteiger partial charge >= 0.3 is 6.09 Å². The van der Waals surface area contributed by atoms with Crippen LogP contribution in [0.25, 0.3) is 0 Å². The zero-order valence-electron chi connectivity index (χ0n) is 9.31. The van der Waals surface area contributed by atoms with Gasteiger partial charge in [-0.1, -0.05) is 11.6 Å². The molecular formula is C9H12ClN3O4. The minimum absolute atomic E-state index is 0.122. The SMILES string of the molecule is COC(Cc1c(Cl)ncnc1NC(=O)O)OC. The molecule has 0 aliphatic carbocycles. The molecule has 0 aromatic carbocycles. The van der Waals surface area contributed by atoms with Gasteiger partial charge in [-0.25, -0.2) is 14.8 Å². The van der Waals surface area contributed by atoms with E-state index in [2.05, 4.69) is 15.3 Å². The average Bonchev–Trinajstić information content (AvgIpc) is 2.28. The molecule has 0 radical (unpaired) electrons. The molecule has 0 spiro atoms. The fraction of sp³-hybridized carbons (Fsp3) is 0.444. The van der Waals surface area contributed by atoms with E-state index in [-0.39, 0.29) is 17.4 Å². The summed E-state index contributed by atoms with van der Waals surface area (Å²) in [7, 11) is 2.94. The maximum atomic E-state index is 10.6. The van der Waals surface area contributed by atoms with E-state index < -0.39 is 12.4 Å². The van der Waals surface area contributed by atoms with E-state index in [1.165, 1.54) is 20.5 Å². The zero-order valence-corrected chi connectivity index (χ0v) is 10.1. The Hall–Kier alpha value is -1.44. The van der Waals surface area contributed by atoms with E-state index in [0.29, 0.717) is 5.56 Å². The van der Waals surface area contributed by atoms with Crippen molar-refractivity contribution in [2.75, 3.05) is 19.5 Å². The minimum atomic E-state index is -1.23. The number of hydrogen-bond acceptors (Lipinski definition) is 5. The van der Waals surface area contributed by atoms with Gasteiger partial charge in [-0.2, -0.15) is 0 Å². The van der Waals surface area contributed by atoms with Crippen molar-refractivity contribution in [3.63, 3.8) is 0 Å². The first-order valence-corrected chi connectivity index (χ1v) is 5.01. The van der Waals surface area contributed by atoms with E-state index in [1.807, 2.05) is 0 Å². The largest absolute Gasteiger partial charge is 0.465 e. The van der Waals surface area contributed by atoms with Gasteiger partial charge < -0.3 is 14.6 Å². The lowest BCUT2D eigenvalue weighted by Gasteiger charge is -2.15. The van der Waals surface area contributed by atoms with E-state index in [0.717, 1.165) is 0 Å². The number of carbonyl (C=O) groups is 1. The molecule has 0 atom stereocenters. The predicted molar refractivity (Wildman–Crippen MR) is 60.2 cm³/mol. The number of nitrogens with zero attached hydrogens (tertiary/aromatic N) is 2. The van der Waals surface area contributed by atoms with Crippen LogP contribution in [0.15, 0.2) is 6.33 Å². The van der Waals surface area contributed by atoms with Gasteiger partial charge in [0.15, 0.2) is 6.29 Å². The topological polar surface area (TPSA) is 93.6 Å². The summed E-state index contributed by atoms with van der Waals surface area (Å²) in [5.74, 6) is 0.122. The average molecular weight is 262 g/mol. The quantitative estimate of drug-likeness (QED) is 0.614. The lowest BCUT2D eigenvalue weighted by molar-refractivity contribution is -0.100. The van der Waals surface area contributed by atoms with Crippen molar-refractivity contribution in [2.24, 2.45) is 0 Å². The number of hydrogen-bond donors (Lipinski definition) is 2. The summed E-state index contributed by atoms with van der Waals surface area (Å²) in [6.45, 7) is 0. The summed E-state index contributed by atoms with van der Waals surface area (Å²) in [4.78, 5) is 18.2. The zero-order chi connectivity index (χ0) is 12.8. The standard InChI is InChI=1S/C9H12ClN3O4/c1-16-6(17-2)3-5-7(10)11-4-12-8(5)13-9(14)15/h4,6H,3H2,1-2H3,(H,14,15)(H,11,12,13). The van der Waals surface area contributed by atoms with Gasteiger partial charge in [0.2, 0.25) is 0 Å². The highest BCUT2D eigenvalue weighted by Crippen LogP contribution is 2.22. The molecule has 0 saturated heterocycles. The van der Waals surface area contributed by atoms with Crippen LogP contribution in [0.5, 0.6) is 0 Å². The number of amides is 1. The molecular weight excluding hydrogens is 250 g/mol. The van der Waals surface area contributed by atoms with E-state index in [9.17, 15) is 4.79 Å². The monoisotopic (exact) mass is 261 g/mol. The molecule has 2 N–H and O–H groups in total. The lowest BCUT2D eigenvalue weighted by atomic mass is 10.2. The smallest absolute Gasteiger partial charge is 0.410 e. The summed E-state index contributed by atoms with van der Waals surface area (Å²) in [5.41, 5.74) is 0.422. The van der Waals surface area contributed by atoms with Crippen molar-refractivity contribution in [3.8, 4) is 0 Å². The molecule has 0 unspecified atom stereocenters. The van der Waals surface area contributed by atoms with Crippen molar-refractivity contribution < 1.29 is 19.4 Å². The molecule has 0 bridgehead atoms. The third-order valence-electron chi connectivity index (χ3n) is 2.01. The normalized spacial score (nSPS) is 10.6. The van der Waals surface area contributed by atoms with E-state index in [1.54, 1.807) is 0 Å². The van der Waals surface area contributed by atoms with Crippen molar-refractivity contribution in [3.05, 3.63) is 17.0 Å². The number of ether oxygens (including phenoxy) is 2. The van der Waals surface area contributed by atoms with Crippen LogP contribution in [0, 0.1) is 0 Å². The van der Waals surface area contributed by atoms with Crippen LogP contribution >= 0.6 is 11.6 Å². The number of carboxylic acid groups (broad SMARTS) is 1. The number of anilines is 1. The highest BCUT2D eigenvalue weighted by Gasteiger charge is 2.17. The second-order valence-electron chi connectivity index (χ2n) is 3.03. The Morgan fingerprint density at radius 2 is 2.18 bits per heavy atom. The summed E-state index contributed by atoms with van der Waals surface area (Å²) in [6, 6.07) is 0. The Labute approximate surface area is 103 Å². The first-order chi connectivity index (χ1) is 8.08. The van der Waals surface area contributed by atoms with E-state index in [4.69, 9.17) is 26.2 Å². The molecule has 0 saturated carbocycles. The molecule has 94 valence electrons. The molecule has 1 amide bonds. The predicted octanol–water partition coefficient (Wildman–Crippen LogP) is 1.38. The molecule has 0 fully saturated rings. The second kappa shape index (κ2) is 6.33.